The van der Waals surface area contributed by atoms with E-state index in [9.17, 15) is 18.3 Å². The number of alkyl halides is 3. The number of halogens is 3. The van der Waals surface area contributed by atoms with Crippen molar-refractivity contribution < 1.29 is 27.8 Å². The third-order valence-corrected chi connectivity index (χ3v) is 5.99. The molecule has 0 aliphatic rings. The lowest BCUT2D eigenvalue weighted by Gasteiger charge is -2.38. The fourth-order valence-electron chi connectivity index (χ4n) is 4.29. The first-order valence-electron chi connectivity index (χ1n) is 11.6. The first-order valence-corrected chi connectivity index (χ1v) is 11.6. The van der Waals surface area contributed by atoms with Gasteiger partial charge in [0.1, 0.15) is 23.9 Å². The molecular formula is C30H27F3O3. The number of benzene rings is 4. The van der Waals surface area contributed by atoms with E-state index in [1.165, 1.54) is 48.5 Å². The van der Waals surface area contributed by atoms with Crippen molar-refractivity contribution in [3.05, 3.63) is 138 Å². The van der Waals surface area contributed by atoms with Crippen molar-refractivity contribution >= 4 is 0 Å². The van der Waals surface area contributed by atoms with E-state index in [-0.39, 0.29) is 23.3 Å². The number of hydrogen-bond acceptors (Lipinski definition) is 3. The molecule has 2 unspecified atom stereocenters. The van der Waals surface area contributed by atoms with Crippen molar-refractivity contribution in [1.82, 2.24) is 0 Å². The van der Waals surface area contributed by atoms with E-state index in [0.717, 1.165) is 5.56 Å². The van der Waals surface area contributed by atoms with Crippen LogP contribution in [0.1, 0.15) is 28.2 Å². The van der Waals surface area contributed by atoms with Gasteiger partial charge in [0.25, 0.3) is 0 Å². The summed E-state index contributed by atoms with van der Waals surface area (Å²) in [4.78, 5) is 0. The topological polar surface area (TPSA) is 38.7 Å². The Kier molecular flexibility index (Phi) is 8.08. The maximum atomic E-state index is 14.5. The lowest BCUT2D eigenvalue weighted by Crippen LogP contribution is -2.42. The Labute approximate surface area is 208 Å². The Bertz CT molecular complexity index is 1200. The Hall–Kier alpha value is -3.61. The van der Waals surface area contributed by atoms with Gasteiger partial charge in [-0.2, -0.15) is 13.2 Å². The maximum absolute atomic E-state index is 14.5. The smallest absolute Gasteiger partial charge is 0.399 e. The summed E-state index contributed by atoms with van der Waals surface area (Å²) >= 11 is 0. The highest BCUT2D eigenvalue weighted by Gasteiger charge is 2.55. The predicted molar refractivity (Wildman–Crippen MR) is 133 cm³/mol. The van der Waals surface area contributed by atoms with E-state index in [2.05, 4.69) is 0 Å². The highest BCUT2D eigenvalue weighted by atomic mass is 19.4. The highest BCUT2D eigenvalue weighted by Crippen LogP contribution is 2.51. The van der Waals surface area contributed by atoms with Crippen molar-refractivity contribution in [2.75, 3.05) is 13.2 Å². The molecule has 0 aliphatic carbocycles. The summed E-state index contributed by atoms with van der Waals surface area (Å²) in [5.74, 6) is -1.70. The maximum Gasteiger partial charge on any atom is 0.399 e. The van der Waals surface area contributed by atoms with Gasteiger partial charge in [-0.1, -0.05) is 103 Å². The minimum absolute atomic E-state index is 0.0211. The molecule has 0 bridgehead atoms. The van der Waals surface area contributed by atoms with Gasteiger partial charge in [0.15, 0.2) is 0 Å². The Morgan fingerprint density at radius 2 is 1.17 bits per heavy atom. The van der Waals surface area contributed by atoms with Crippen molar-refractivity contribution in [2.24, 2.45) is 0 Å². The quantitative estimate of drug-likeness (QED) is 0.246. The van der Waals surface area contributed by atoms with E-state index in [4.69, 9.17) is 9.47 Å². The molecule has 0 saturated carbocycles. The Morgan fingerprint density at radius 3 is 1.75 bits per heavy atom. The largest absolute Gasteiger partial charge is 0.491 e. The lowest BCUT2D eigenvalue weighted by atomic mass is 9.72. The van der Waals surface area contributed by atoms with Gasteiger partial charge in [0, 0.05) is 0 Å². The van der Waals surface area contributed by atoms with Gasteiger partial charge in [-0.05, 0) is 34.4 Å². The van der Waals surface area contributed by atoms with Crippen LogP contribution in [0, 0.1) is 0 Å². The predicted octanol–water partition coefficient (Wildman–Crippen LogP) is 6.86. The monoisotopic (exact) mass is 492 g/mol. The van der Waals surface area contributed by atoms with Crippen LogP contribution in [0.2, 0.25) is 0 Å². The van der Waals surface area contributed by atoms with Crippen LogP contribution >= 0.6 is 0 Å². The molecule has 36 heavy (non-hydrogen) atoms. The molecule has 0 saturated heterocycles. The SMILES string of the molecule is OC(c1ccccc1)(c1ccc(OCCOCc2ccccc2)cc1)C(c1ccccc1)C(F)(F)F. The minimum Gasteiger partial charge on any atom is -0.491 e. The molecule has 6 heteroatoms. The van der Waals surface area contributed by atoms with Crippen molar-refractivity contribution in [2.45, 2.75) is 24.3 Å². The molecule has 0 aliphatic heterocycles. The van der Waals surface area contributed by atoms with Gasteiger partial charge in [-0.25, -0.2) is 0 Å². The van der Waals surface area contributed by atoms with Gasteiger partial charge >= 0.3 is 6.18 Å². The van der Waals surface area contributed by atoms with Gasteiger partial charge in [-0.3, -0.25) is 0 Å². The second-order valence-corrected chi connectivity index (χ2v) is 8.43. The second-order valence-electron chi connectivity index (χ2n) is 8.43. The van der Waals surface area contributed by atoms with Crippen LogP contribution in [0.25, 0.3) is 0 Å². The average molecular weight is 493 g/mol. The summed E-state index contributed by atoms with van der Waals surface area (Å²) in [6.07, 6.45) is -4.71. The van der Waals surface area contributed by atoms with E-state index in [0.29, 0.717) is 19.0 Å². The third kappa shape index (κ3) is 5.96. The molecular weight excluding hydrogens is 465 g/mol. The van der Waals surface area contributed by atoms with Crippen LogP contribution in [0.4, 0.5) is 13.2 Å². The van der Waals surface area contributed by atoms with Gasteiger partial charge in [0.2, 0.25) is 0 Å². The fraction of sp³-hybridized carbons (Fsp3) is 0.200. The molecule has 0 fully saturated rings. The minimum atomic E-state index is -4.71. The van der Waals surface area contributed by atoms with E-state index >= 15 is 0 Å². The van der Waals surface area contributed by atoms with Crippen LogP contribution in [0.15, 0.2) is 115 Å². The number of aliphatic hydroxyl groups is 1. The molecule has 186 valence electrons. The van der Waals surface area contributed by atoms with Crippen molar-refractivity contribution in [3.8, 4) is 5.75 Å². The normalized spacial score (nSPS) is 14.1. The standard InChI is InChI=1S/C30H27F3O3/c31-30(32,33)28(24-12-6-2-7-13-24)29(34,25-14-8-3-9-15-25)26-16-18-27(19-17-26)36-21-20-35-22-23-10-4-1-5-11-23/h1-19,28,34H,20-22H2. The first-order chi connectivity index (χ1) is 17.4. The number of ether oxygens (including phenoxy) is 2. The molecule has 0 amide bonds. The summed E-state index contributed by atoms with van der Waals surface area (Å²) in [7, 11) is 0. The first kappa shape index (κ1) is 25.5. The molecule has 2 atom stereocenters. The van der Waals surface area contributed by atoms with Gasteiger partial charge < -0.3 is 14.6 Å². The third-order valence-electron chi connectivity index (χ3n) is 5.99. The zero-order valence-corrected chi connectivity index (χ0v) is 19.6. The Balaban J connectivity index is 1.55. The van der Waals surface area contributed by atoms with E-state index in [1.807, 2.05) is 30.3 Å². The van der Waals surface area contributed by atoms with Crippen LogP contribution in [0.5, 0.6) is 5.75 Å². The van der Waals surface area contributed by atoms with Crippen molar-refractivity contribution in [3.63, 3.8) is 0 Å². The average Bonchev–Trinajstić information content (AvgIpc) is 2.90. The number of hydrogen-bond donors (Lipinski definition) is 1. The van der Waals surface area contributed by atoms with Gasteiger partial charge in [0.05, 0.1) is 13.2 Å². The molecule has 4 aromatic rings. The van der Waals surface area contributed by atoms with E-state index < -0.39 is 17.7 Å². The molecule has 0 aromatic heterocycles. The summed E-state index contributed by atoms with van der Waals surface area (Å²) in [6.45, 7) is 1.10. The highest BCUT2D eigenvalue weighted by molar-refractivity contribution is 5.44. The van der Waals surface area contributed by atoms with Crippen LogP contribution < -0.4 is 4.74 Å². The van der Waals surface area contributed by atoms with Crippen molar-refractivity contribution in [1.29, 1.82) is 0 Å². The molecule has 0 heterocycles. The van der Waals surface area contributed by atoms with Crippen LogP contribution in [0.3, 0.4) is 0 Å². The summed E-state index contributed by atoms with van der Waals surface area (Å²) in [6, 6.07) is 31.3. The van der Waals surface area contributed by atoms with E-state index in [1.54, 1.807) is 36.4 Å². The molecule has 3 nitrogen and oxygen atoms in total. The van der Waals surface area contributed by atoms with Crippen LogP contribution in [-0.4, -0.2) is 24.5 Å². The fourth-order valence-corrected chi connectivity index (χ4v) is 4.29. The molecule has 0 radical (unpaired) electrons. The summed E-state index contributed by atoms with van der Waals surface area (Å²) in [5.41, 5.74) is -1.04. The zero-order valence-electron chi connectivity index (χ0n) is 19.6. The zero-order chi connectivity index (χ0) is 25.4. The molecule has 4 rings (SSSR count). The summed E-state index contributed by atoms with van der Waals surface area (Å²) in [5, 5.41) is 11.9. The molecule has 0 spiro atoms. The second kappa shape index (κ2) is 11.4. The number of rotatable bonds is 10. The van der Waals surface area contributed by atoms with Gasteiger partial charge in [-0.15, -0.1) is 0 Å². The Morgan fingerprint density at radius 1 is 0.639 bits per heavy atom. The lowest BCUT2D eigenvalue weighted by molar-refractivity contribution is -0.190. The molecule has 4 aromatic carbocycles. The summed E-state index contributed by atoms with van der Waals surface area (Å²) < 4.78 is 54.9. The molecule has 1 N–H and O–H groups in total. The van der Waals surface area contributed by atoms with Crippen LogP contribution in [-0.2, 0) is 16.9 Å².